The number of hydrogen-bond acceptors (Lipinski definition) is 6. The molecule has 0 radical (unpaired) electrons. The van der Waals surface area contributed by atoms with Crippen molar-refractivity contribution in [2.24, 2.45) is 5.92 Å². The molecule has 4 aromatic rings. The standard InChI is InChI=1S/C32H32N2O4S3/c1-3-33-27-18-24(22-8-5-4-6-9-22)12-14-29(27)39-31(33)19-25(23-10-11-23)20-32-34(16-7-17-41(35,36)37)28-21-26(38-2)13-15-30(28)40-32/h4-6,8-9,12-15,18-21,23H,3,7,10-11,16-17H2,1-2H3/p+1. The summed E-state index contributed by atoms with van der Waals surface area (Å²) in [5.41, 5.74) is 5.98. The van der Waals surface area contributed by atoms with E-state index in [2.05, 4.69) is 77.1 Å². The number of anilines is 1. The Kier molecular flexibility index (Phi) is 7.96. The van der Waals surface area contributed by atoms with Gasteiger partial charge in [0.05, 0.1) is 29.6 Å². The van der Waals surface area contributed by atoms with Crippen molar-refractivity contribution in [2.45, 2.75) is 37.6 Å². The van der Waals surface area contributed by atoms with E-state index in [1.165, 1.54) is 45.2 Å². The van der Waals surface area contributed by atoms with Crippen molar-refractivity contribution in [1.29, 1.82) is 0 Å². The summed E-state index contributed by atoms with van der Waals surface area (Å²) in [6.07, 6.45) is 7.28. The zero-order valence-electron chi connectivity index (χ0n) is 23.1. The second-order valence-corrected chi connectivity index (χ2v) is 14.1. The Hall–Kier alpha value is -3.11. The average molecular weight is 606 g/mol. The molecule has 0 spiro atoms. The summed E-state index contributed by atoms with van der Waals surface area (Å²) < 4.78 is 40.9. The number of allylic oxidation sites excluding steroid dienone is 2. The molecule has 0 unspecified atom stereocenters. The van der Waals surface area contributed by atoms with Gasteiger partial charge < -0.3 is 9.64 Å². The first kappa shape index (κ1) is 28.0. The van der Waals surface area contributed by atoms with Crippen LogP contribution in [0.25, 0.3) is 27.4 Å². The van der Waals surface area contributed by atoms with Gasteiger partial charge in [0, 0.05) is 23.9 Å². The molecule has 1 N–H and O–H groups in total. The van der Waals surface area contributed by atoms with Gasteiger partial charge in [0.1, 0.15) is 10.4 Å². The highest BCUT2D eigenvalue weighted by atomic mass is 32.2. The van der Waals surface area contributed by atoms with E-state index < -0.39 is 10.1 Å². The monoisotopic (exact) mass is 605 g/mol. The quantitative estimate of drug-likeness (QED) is 0.150. The fourth-order valence-electron chi connectivity index (χ4n) is 5.27. The molecule has 0 atom stereocenters. The van der Waals surface area contributed by atoms with Crippen molar-refractivity contribution in [3.8, 4) is 16.9 Å². The molecule has 9 heteroatoms. The van der Waals surface area contributed by atoms with Crippen LogP contribution >= 0.6 is 23.1 Å². The summed E-state index contributed by atoms with van der Waals surface area (Å²) in [7, 11) is -2.38. The largest absolute Gasteiger partial charge is 0.497 e. The number of aryl methyl sites for hydroxylation is 1. The number of fused-ring (bicyclic) bond motifs is 2. The average Bonchev–Trinajstić information content (AvgIpc) is 3.68. The summed E-state index contributed by atoms with van der Waals surface area (Å²) in [6, 6.07) is 23.2. The molecule has 3 aromatic carbocycles. The van der Waals surface area contributed by atoms with Crippen molar-refractivity contribution in [3.63, 3.8) is 0 Å². The van der Waals surface area contributed by atoms with E-state index in [9.17, 15) is 13.0 Å². The normalized spacial score (nSPS) is 16.5. The highest BCUT2D eigenvalue weighted by Gasteiger charge is 2.31. The minimum atomic E-state index is -4.02. The van der Waals surface area contributed by atoms with Crippen LogP contribution in [0.1, 0.15) is 31.2 Å². The van der Waals surface area contributed by atoms with E-state index in [0.29, 0.717) is 18.9 Å². The lowest BCUT2D eigenvalue weighted by Crippen LogP contribution is -2.36. The van der Waals surface area contributed by atoms with Gasteiger partial charge in [0.25, 0.3) is 15.1 Å². The van der Waals surface area contributed by atoms with Gasteiger partial charge in [0.15, 0.2) is 6.54 Å². The topological polar surface area (TPSA) is 70.7 Å². The zero-order valence-corrected chi connectivity index (χ0v) is 25.6. The Balaban J connectivity index is 1.37. The molecule has 1 fully saturated rings. The minimum Gasteiger partial charge on any atom is -0.497 e. The fraction of sp³-hybridized carbons (Fsp3) is 0.281. The van der Waals surface area contributed by atoms with Crippen LogP contribution in [0.15, 0.2) is 88.3 Å². The Morgan fingerprint density at radius 2 is 1.90 bits per heavy atom. The third kappa shape index (κ3) is 6.23. The number of aromatic nitrogens is 1. The van der Waals surface area contributed by atoms with Gasteiger partial charge in [-0.15, -0.1) is 0 Å². The lowest BCUT2D eigenvalue weighted by Gasteiger charge is -2.19. The summed E-state index contributed by atoms with van der Waals surface area (Å²) >= 11 is 3.51. The van der Waals surface area contributed by atoms with Crippen molar-refractivity contribution in [2.75, 3.05) is 24.3 Å². The Bertz CT molecular complexity index is 1760. The van der Waals surface area contributed by atoms with Crippen molar-refractivity contribution < 1.29 is 22.3 Å². The van der Waals surface area contributed by atoms with Crippen molar-refractivity contribution >= 4 is 55.2 Å². The molecule has 0 amide bonds. The smallest absolute Gasteiger partial charge is 0.265 e. The summed E-state index contributed by atoms with van der Waals surface area (Å²) in [4.78, 5) is 3.67. The summed E-state index contributed by atoms with van der Waals surface area (Å²) in [5.74, 6) is 0.999. The van der Waals surface area contributed by atoms with Crippen LogP contribution < -0.4 is 14.2 Å². The van der Waals surface area contributed by atoms with Gasteiger partial charge in [-0.3, -0.25) is 4.55 Å². The zero-order chi connectivity index (χ0) is 28.6. The molecule has 1 saturated carbocycles. The fourth-order valence-corrected chi connectivity index (χ4v) is 8.07. The molecular formula is C32H33N2O4S3+. The first-order chi connectivity index (χ1) is 19.8. The molecule has 1 aliphatic heterocycles. The molecule has 0 saturated heterocycles. The van der Waals surface area contributed by atoms with Crippen LogP contribution in [-0.4, -0.2) is 32.4 Å². The van der Waals surface area contributed by atoms with Crippen LogP contribution in [0.4, 0.5) is 5.69 Å². The van der Waals surface area contributed by atoms with E-state index >= 15 is 0 Å². The molecular weight excluding hydrogens is 573 g/mol. The van der Waals surface area contributed by atoms with Crippen LogP contribution in [0.2, 0.25) is 0 Å². The van der Waals surface area contributed by atoms with E-state index in [0.717, 1.165) is 27.5 Å². The van der Waals surface area contributed by atoms with Gasteiger partial charge in [-0.2, -0.15) is 13.0 Å². The van der Waals surface area contributed by atoms with Crippen LogP contribution in [0, 0.1) is 5.92 Å². The number of benzene rings is 3. The number of rotatable bonds is 10. The Morgan fingerprint density at radius 1 is 1.10 bits per heavy atom. The maximum absolute atomic E-state index is 11.4. The second kappa shape index (κ2) is 11.6. The highest BCUT2D eigenvalue weighted by molar-refractivity contribution is 8.03. The van der Waals surface area contributed by atoms with Gasteiger partial charge in [0.2, 0.25) is 5.52 Å². The van der Waals surface area contributed by atoms with E-state index in [4.69, 9.17) is 4.74 Å². The lowest BCUT2D eigenvalue weighted by molar-refractivity contribution is -0.668. The lowest BCUT2D eigenvalue weighted by atomic mass is 10.0. The molecule has 212 valence electrons. The van der Waals surface area contributed by atoms with Crippen molar-refractivity contribution in [3.05, 3.63) is 88.4 Å². The molecule has 2 aliphatic rings. The van der Waals surface area contributed by atoms with E-state index in [1.807, 2.05) is 30.0 Å². The van der Waals surface area contributed by atoms with Crippen molar-refractivity contribution in [1.82, 2.24) is 0 Å². The van der Waals surface area contributed by atoms with Gasteiger partial charge in [-0.05, 0) is 72.7 Å². The number of hydrogen-bond donors (Lipinski definition) is 1. The van der Waals surface area contributed by atoms with Crippen LogP contribution in [-0.2, 0) is 16.7 Å². The van der Waals surface area contributed by atoms with Gasteiger partial charge >= 0.3 is 0 Å². The number of nitrogens with zero attached hydrogens (tertiary/aromatic N) is 2. The number of methoxy groups -OCH3 is 1. The predicted molar refractivity (Wildman–Crippen MR) is 169 cm³/mol. The highest BCUT2D eigenvalue weighted by Crippen LogP contribution is 2.49. The summed E-state index contributed by atoms with van der Waals surface area (Å²) in [5, 5.41) is 2.30. The molecule has 41 heavy (non-hydrogen) atoms. The van der Waals surface area contributed by atoms with E-state index in [1.54, 1.807) is 18.4 Å². The minimum absolute atomic E-state index is 0.269. The molecule has 6 rings (SSSR count). The maximum atomic E-state index is 11.4. The van der Waals surface area contributed by atoms with Gasteiger partial charge in [-0.1, -0.05) is 59.5 Å². The third-order valence-corrected chi connectivity index (χ3v) is 10.5. The third-order valence-electron chi connectivity index (χ3n) is 7.50. The Labute approximate surface area is 249 Å². The predicted octanol–water partition coefficient (Wildman–Crippen LogP) is 7.41. The number of thioether (sulfide) groups is 1. The summed E-state index contributed by atoms with van der Waals surface area (Å²) in [6.45, 7) is 3.55. The van der Waals surface area contributed by atoms with Crippen LogP contribution in [0.5, 0.6) is 5.75 Å². The second-order valence-electron chi connectivity index (χ2n) is 10.4. The molecule has 1 aromatic heterocycles. The molecule has 0 bridgehead atoms. The number of thiazole rings is 1. The van der Waals surface area contributed by atoms with Crippen LogP contribution in [0.3, 0.4) is 0 Å². The maximum Gasteiger partial charge on any atom is 0.265 e. The first-order valence-corrected chi connectivity index (χ1v) is 17.1. The Morgan fingerprint density at radius 3 is 2.61 bits per heavy atom. The molecule has 2 heterocycles. The molecule has 1 aliphatic carbocycles. The molecule has 6 nitrogen and oxygen atoms in total. The number of ether oxygens (including phenoxy) is 1. The van der Waals surface area contributed by atoms with Gasteiger partial charge in [-0.25, -0.2) is 0 Å². The first-order valence-electron chi connectivity index (χ1n) is 13.9. The van der Waals surface area contributed by atoms with E-state index in [-0.39, 0.29) is 5.75 Å². The SMILES string of the molecule is CCN1/C(=C/C(=Cc2sc3ccc(OC)cc3[n+]2CCCS(=O)(=O)O)C2CC2)Sc2ccc(-c3ccccc3)cc21.